The molecule has 0 saturated heterocycles. The Kier molecular flexibility index (Phi) is 4.74. The average molecular weight is 283 g/mol. The highest BCUT2D eigenvalue weighted by atomic mass is 16.4. The van der Waals surface area contributed by atoms with E-state index >= 15 is 0 Å². The van der Waals surface area contributed by atoms with Crippen LogP contribution >= 0.6 is 0 Å². The third kappa shape index (κ3) is 3.70. The van der Waals surface area contributed by atoms with Crippen LogP contribution in [0.5, 0.6) is 5.75 Å². The largest absolute Gasteiger partial charge is 0.507 e. The van der Waals surface area contributed by atoms with Gasteiger partial charge in [0.1, 0.15) is 11.3 Å². The van der Waals surface area contributed by atoms with Crippen molar-refractivity contribution in [1.82, 2.24) is 5.32 Å². The van der Waals surface area contributed by atoms with Gasteiger partial charge in [0.15, 0.2) is 0 Å². The highest BCUT2D eigenvalue weighted by molar-refractivity contribution is 5.96. The molecule has 2 rings (SSSR count). The van der Waals surface area contributed by atoms with E-state index in [2.05, 4.69) is 5.32 Å². The molecule has 0 aliphatic carbocycles. The van der Waals surface area contributed by atoms with Crippen molar-refractivity contribution in [3.05, 3.63) is 64.7 Å². The van der Waals surface area contributed by atoms with E-state index in [1.54, 1.807) is 18.2 Å². The lowest BCUT2D eigenvalue weighted by Crippen LogP contribution is -2.04. The molecule has 2 aromatic rings. The second-order valence-electron chi connectivity index (χ2n) is 4.65. The molecule has 0 spiro atoms. The van der Waals surface area contributed by atoms with Crippen molar-refractivity contribution < 1.29 is 15.0 Å². The van der Waals surface area contributed by atoms with E-state index in [0.717, 1.165) is 12.1 Å². The third-order valence-electron chi connectivity index (χ3n) is 3.10. The quantitative estimate of drug-likeness (QED) is 0.738. The topological polar surface area (TPSA) is 69.6 Å². The lowest BCUT2D eigenvalue weighted by atomic mass is 10.0. The Hall–Kier alpha value is -2.59. The van der Waals surface area contributed by atoms with Crippen LogP contribution in [-0.2, 0) is 6.54 Å². The summed E-state index contributed by atoms with van der Waals surface area (Å²) < 4.78 is 0. The summed E-state index contributed by atoms with van der Waals surface area (Å²) in [6.07, 6.45) is 3.51. The SMILES string of the molecule is CNCc1ccc(/C=C\c2cccc(O)c2C(=O)O)cc1. The zero-order valence-electron chi connectivity index (χ0n) is 11.7. The molecular weight excluding hydrogens is 266 g/mol. The molecule has 2 aromatic carbocycles. The maximum absolute atomic E-state index is 11.2. The van der Waals surface area contributed by atoms with Gasteiger partial charge in [-0.25, -0.2) is 4.79 Å². The van der Waals surface area contributed by atoms with Crippen LogP contribution in [-0.4, -0.2) is 23.2 Å². The lowest BCUT2D eigenvalue weighted by molar-refractivity contribution is 0.0693. The molecule has 21 heavy (non-hydrogen) atoms. The van der Waals surface area contributed by atoms with Crippen molar-refractivity contribution in [3.8, 4) is 5.75 Å². The number of aromatic carboxylic acids is 1. The summed E-state index contributed by atoms with van der Waals surface area (Å²) in [6.45, 7) is 0.805. The number of benzene rings is 2. The Bertz CT molecular complexity index is 660. The van der Waals surface area contributed by atoms with E-state index in [0.29, 0.717) is 5.56 Å². The summed E-state index contributed by atoms with van der Waals surface area (Å²) in [4.78, 5) is 11.2. The number of hydrogen-bond donors (Lipinski definition) is 3. The van der Waals surface area contributed by atoms with E-state index in [1.807, 2.05) is 37.4 Å². The van der Waals surface area contributed by atoms with Crippen molar-refractivity contribution in [2.24, 2.45) is 0 Å². The normalized spacial score (nSPS) is 10.9. The molecule has 4 heteroatoms. The van der Waals surface area contributed by atoms with Crippen LogP contribution in [0.2, 0.25) is 0 Å². The van der Waals surface area contributed by atoms with Gasteiger partial charge in [0.2, 0.25) is 0 Å². The first-order valence-electron chi connectivity index (χ1n) is 6.58. The molecule has 0 fully saturated rings. The monoisotopic (exact) mass is 283 g/mol. The highest BCUT2D eigenvalue weighted by Crippen LogP contribution is 2.23. The average Bonchev–Trinajstić information content (AvgIpc) is 2.46. The summed E-state index contributed by atoms with van der Waals surface area (Å²) in [5.74, 6) is -1.37. The van der Waals surface area contributed by atoms with Gasteiger partial charge in [-0.1, -0.05) is 48.6 Å². The maximum Gasteiger partial charge on any atom is 0.340 e. The molecule has 0 aliphatic rings. The van der Waals surface area contributed by atoms with Crippen molar-refractivity contribution in [1.29, 1.82) is 0 Å². The molecule has 0 unspecified atom stereocenters. The van der Waals surface area contributed by atoms with Gasteiger partial charge in [0, 0.05) is 6.54 Å². The van der Waals surface area contributed by atoms with Crippen molar-refractivity contribution in [2.45, 2.75) is 6.54 Å². The molecule has 4 nitrogen and oxygen atoms in total. The van der Waals surface area contributed by atoms with Crippen molar-refractivity contribution in [3.63, 3.8) is 0 Å². The maximum atomic E-state index is 11.2. The number of carboxylic acid groups (broad SMARTS) is 1. The lowest BCUT2D eigenvalue weighted by Gasteiger charge is -2.04. The van der Waals surface area contributed by atoms with Crippen molar-refractivity contribution in [2.75, 3.05) is 7.05 Å². The van der Waals surface area contributed by atoms with E-state index in [4.69, 9.17) is 5.11 Å². The number of nitrogens with one attached hydrogen (secondary N) is 1. The zero-order chi connectivity index (χ0) is 15.2. The summed E-state index contributed by atoms with van der Waals surface area (Å²) in [5.41, 5.74) is 2.54. The molecule has 0 atom stereocenters. The number of rotatable bonds is 5. The fraction of sp³-hybridized carbons (Fsp3) is 0.118. The minimum atomic E-state index is -1.14. The van der Waals surface area contributed by atoms with Gasteiger partial charge in [-0.05, 0) is 29.8 Å². The van der Waals surface area contributed by atoms with Crippen LogP contribution in [0.4, 0.5) is 0 Å². The second kappa shape index (κ2) is 6.72. The molecule has 0 bridgehead atoms. The molecule has 0 heterocycles. The minimum absolute atomic E-state index is 0.0828. The zero-order valence-corrected chi connectivity index (χ0v) is 11.7. The third-order valence-corrected chi connectivity index (χ3v) is 3.10. The molecule has 0 aliphatic heterocycles. The van der Waals surface area contributed by atoms with Crippen LogP contribution < -0.4 is 5.32 Å². The van der Waals surface area contributed by atoms with Crippen LogP contribution in [0.25, 0.3) is 12.2 Å². The number of phenols is 1. The second-order valence-corrected chi connectivity index (χ2v) is 4.65. The first-order valence-corrected chi connectivity index (χ1v) is 6.58. The van der Waals surface area contributed by atoms with Gasteiger partial charge in [0.25, 0.3) is 0 Å². The summed E-state index contributed by atoms with van der Waals surface area (Å²) in [7, 11) is 1.89. The number of aromatic hydroxyl groups is 1. The first kappa shape index (κ1) is 14.8. The van der Waals surface area contributed by atoms with E-state index in [1.165, 1.54) is 11.6 Å². The van der Waals surface area contributed by atoms with E-state index in [9.17, 15) is 9.90 Å². The molecular formula is C17H17NO3. The Labute approximate surface area is 123 Å². The summed E-state index contributed by atoms with van der Waals surface area (Å²) in [5, 5.41) is 21.8. The number of carboxylic acids is 1. The van der Waals surface area contributed by atoms with Gasteiger partial charge in [0.05, 0.1) is 0 Å². The van der Waals surface area contributed by atoms with Crippen molar-refractivity contribution >= 4 is 18.1 Å². The van der Waals surface area contributed by atoms with E-state index in [-0.39, 0.29) is 11.3 Å². The van der Waals surface area contributed by atoms with Gasteiger partial charge in [-0.2, -0.15) is 0 Å². The minimum Gasteiger partial charge on any atom is -0.507 e. The summed E-state index contributed by atoms with van der Waals surface area (Å²) in [6, 6.07) is 12.6. The Morgan fingerprint density at radius 1 is 1.14 bits per heavy atom. The molecule has 0 amide bonds. The number of hydrogen-bond acceptors (Lipinski definition) is 3. The Morgan fingerprint density at radius 2 is 1.86 bits per heavy atom. The fourth-order valence-corrected chi connectivity index (χ4v) is 2.07. The summed E-state index contributed by atoms with van der Waals surface area (Å²) >= 11 is 0. The van der Waals surface area contributed by atoms with Gasteiger partial charge in [-0.15, -0.1) is 0 Å². The predicted molar refractivity (Wildman–Crippen MR) is 83.2 cm³/mol. The number of carbonyl (C=O) groups is 1. The smallest absolute Gasteiger partial charge is 0.340 e. The molecule has 0 radical (unpaired) electrons. The van der Waals surface area contributed by atoms with Crippen LogP contribution in [0.3, 0.4) is 0 Å². The van der Waals surface area contributed by atoms with Crippen LogP contribution in [0.1, 0.15) is 27.0 Å². The Morgan fingerprint density at radius 3 is 2.48 bits per heavy atom. The van der Waals surface area contributed by atoms with Crippen LogP contribution in [0, 0.1) is 0 Å². The first-order chi connectivity index (χ1) is 10.1. The predicted octanol–water partition coefficient (Wildman–Crippen LogP) is 2.98. The van der Waals surface area contributed by atoms with Gasteiger partial charge in [-0.3, -0.25) is 0 Å². The fourth-order valence-electron chi connectivity index (χ4n) is 2.07. The van der Waals surface area contributed by atoms with Gasteiger partial charge >= 0.3 is 5.97 Å². The van der Waals surface area contributed by atoms with E-state index < -0.39 is 5.97 Å². The molecule has 0 aromatic heterocycles. The molecule has 3 N–H and O–H groups in total. The highest BCUT2D eigenvalue weighted by Gasteiger charge is 2.12. The molecule has 108 valence electrons. The Balaban J connectivity index is 2.25. The van der Waals surface area contributed by atoms with Gasteiger partial charge < -0.3 is 15.5 Å². The standard InChI is InChI=1S/C17H17NO3/c1-18-11-13-7-5-12(6-8-13)9-10-14-3-2-4-15(19)16(14)17(20)21/h2-10,18-19H,11H2,1H3,(H,20,21)/b10-9-. The molecule has 0 saturated carbocycles. The van der Waals surface area contributed by atoms with Crippen LogP contribution in [0.15, 0.2) is 42.5 Å².